The van der Waals surface area contributed by atoms with Gasteiger partial charge in [-0.1, -0.05) is 72.8 Å². The minimum Gasteiger partial charge on any atom is -0.497 e. The Kier molecular flexibility index (Phi) is 6.83. The zero-order valence-corrected chi connectivity index (χ0v) is 17.7. The van der Waals surface area contributed by atoms with Crippen LogP contribution in [0.1, 0.15) is 47.9 Å². The maximum absolute atomic E-state index is 6.26. The highest BCUT2D eigenvalue weighted by Gasteiger charge is 2.32. The van der Waals surface area contributed by atoms with Gasteiger partial charge in [-0.25, -0.2) is 0 Å². The van der Waals surface area contributed by atoms with E-state index in [1.807, 2.05) is 6.07 Å². The lowest BCUT2D eigenvalue weighted by Gasteiger charge is -2.38. The topological polar surface area (TPSA) is 47.3 Å². The van der Waals surface area contributed by atoms with Gasteiger partial charge in [0.2, 0.25) is 0 Å². The molecule has 0 heterocycles. The van der Waals surface area contributed by atoms with Gasteiger partial charge in [-0.3, -0.25) is 0 Å². The van der Waals surface area contributed by atoms with Crippen molar-refractivity contribution in [3.8, 4) is 5.75 Å². The summed E-state index contributed by atoms with van der Waals surface area (Å²) in [6.07, 6.45) is 3.38. The van der Waals surface area contributed by atoms with Crippen LogP contribution in [0.2, 0.25) is 0 Å². The van der Waals surface area contributed by atoms with Crippen molar-refractivity contribution in [2.24, 2.45) is 11.7 Å². The summed E-state index contributed by atoms with van der Waals surface area (Å²) < 4.78 is 5.44. The molecule has 1 fully saturated rings. The molecule has 0 radical (unpaired) electrons. The first-order chi connectivity index (χ1) is 14.8. The lowest BCUT2D eigenvalue weighted by Crippen LogP contribution is -2.41. The molecule has 0 aliphatic heterocycles. The minimum absolute atomic E-state index is 0.198. The van der Waals surface area contributed by atoms with Gasteiger partial charge in [0, 0.05) is 6.04 Å². The van der Waals surface area contributed by atoms with E-state index in [0.717, 1.165) is 25.0 Å². The van der Waals surface area contributed by atoms with E-state index in [0.29, 0.717) is 24.4 Å². The van der Waals surface area contributed by atoms with Gasteiger partial charge in [-0.05, 0) is 66.5 Å². The van der Waals surface area contributed by atoms with Crippen LogP contribution >= 0.6 is 0 Å². The van der Waals surface area contributed by atoms with Gasteiger partial charge in [-0.15, -0.1) is 0 Å². The minimum atomic E-state index is 0.198. The summed E-state index contributed by atoms with van der Waals surface area (Å²) in [5, 5.41) is 3.97. The van der Waals surface area contributed by atoms with E-state index in [4.69, 9.17) is 10.5 Å². The number of benzene rings is 3. The van der Waals surface area contributed by atoms with Gasteiger partial charge in [0.25, 0.3) is 0 Å². The summed E-state index contributed by atoms with van der Waals surface area (Å²) in [6, 6.07) is 30.7. The molecule has 3 aromatic carbocycles. The Morgan fingerprint density at radius 2 is 1.57 bits per heavy atom. The third-order valence-corrected chi connectivity index (χ3v) is 6.48. The van der Waals surface area contributed by atoms with E-state index in [2.05, 4.69) is 84.2 Å². The van der Waals surface area contributed by atoms with E-state index in [1.54, 1.807) is 7.11 Å². The van der Waals surface area contributed by atoms with Crippen molar-refractivity contribution in [1.29, 1.82) is 0 Å². The van der Waals surface area contributed by atoms with E-state index < -0.39 is 0 Å². The number of nitrogens with one attached hydrogen (secondary N) is 1. The molecule has 1 aliphatic rings. The highest BCUT2D eigenvalue weighted by molar-refractivity contribution is 5.33. The molecular weight excluding hydrogens is 368 g/mol. The lowest BCUT2D eigenvalue weighted by atomic mass is 9.73. The highest BCUT2D eigenvalue weighted by atomic mass is 16.5. The number of methoxy groups -OCH3 is 1. The fourth-order valence-electron chi connectivity index (χ4n) is 4.90. The Morgan fingerprint density at radius 1 is 0.900 bits per heavy atom. The molecule has 0 saturated heterocycles. The zero-order chi connectivity index (χ0) is 20.8. The van der Waals surface area contributed by atoms with Crippen molar-refractivity contribution < 1.29 is 4.74 Å². The second kappa shape index (κ2) is 9.92. The zero-order valence-electron chi connectivity index (χ0n) is 17.7. The van der Waals surface area contributed by atoms with Crippen molar-refractivity contribution in [1.82, 2.24) is 5.32 Å². The second-order valence-corrected chi connectivity index (χ2v) is 8.31. The fraction of sp³-hybridized carbons (Fsp3) is 0.333. The Bertz CT molecular complexity index is 873. The molecule has 4 rings (SSSR count). The van der Waals surface area contributed by atoms with Crippen molar-refractivity contribution in [3.63, 3.8) is 0 Å². The first-order valence-electron chi connectivity index (χ1n) is 11.0. The van der Waals surface area contributed by atoms with Crippen LogP contribution in [0.25, 0.3) is 0 Å². The van der Waals surface area contributed by atoms with E-state index >= 15 is 0 Å². The molecule has 156 valence electrons. The fourth-order valence-corrected chi connectivity index (χ4v) is 4.90. The third-order valence-electron chi connectivity index (χ3n) is 6.48. The predicted molar refractivity (Wildman–Crippen MR) is 124 cm³/mol. The number of nitrogens with two attached hydrogens (primary N) is 1. The maximum Gasteiger partial charge on any atom is 0.119 e. The molecule has 3 N–H and O–H groups in total. The monoisotopic (exact) mass is 400 g/mol. The van der Waals surface area contributed by atoms with Crippen LogP contribution in [0, 0.1) is 5.92 Å². The number of rotatable bonds is 7. The Morgan fingerprint density at radius 3 is 2.17 bits per heavy atom. The van der Waals surface area contributed by atoms with Crippen LogP contribution in [0.3, 0.4) is 0 Å². The Balaban J connectivity index is 1.52. The van der Waals surface area contributed by atoms with Crippen molar-refractivity contribution in [3.05, 3.63) is 102 Å². The SMILES string of the molecule is COc1cccc(C2CCC(NC(c3ccccc3)c3ccccc3)CC2CN)c1. The first-order valence-corrected chi connectivity index (χ1v) is 11.0. The first kappa shape index (κ1) is 20.6. The van der Waals surface area contributed by atoms with Crippen molar-refractivity contribution in [2.75, 3.05) is 13.7 Å². The third kappa shape index (κ3) is 4.75. The normalized spacial score (nSPS) is 21.5. The number of ether oxygens (including phenoxy) is 1. The average molecular weight is 401 g/mol. The van der Waals surface area contributed by atoms with Crippen molar-refractivity contribution >= 4 is 0 Å². The molecule has 3 nitrogen and oxygen atoms in total. The maximum atomic E-state index is 6.26. The molecule has 30 heavy (non-hydrogen) atoms. The van der Waals surface area contributed by atoms with Crippen LogP contribution in [-0.4, -0.2) is 19.7 Å². The largest absolute Gasteiger partial charge is 0.497 e. The summed E-state index contributed by atoms with van der Waals surface area (Å²) in [6.45, 7) is 0.710. The summed E-state index contributed by atoms with van der Waals surface area (Å²) >= 11 is 0. The van der Waals surface area contributed by atoms with Crippen LogP contribution in [-0.2, 0) is 0 Å². The van der Waals surface area contributed by atoms with E-state index in [-0.39, 0.29) is 6.04 Å². The lowest BCUT2D eigenvalue weighted by molar-refractivity contribution is 0.246. The Labute approximate surface area is 180 Å². The summed E-state index contributed by atoms with van der Waals surface area (Å²) in [4.78, 5) is 0. The number of hydrogen-bond acceptors (Lipinski definition) is 3. The van der Waals surface area contributed by atoms with Gasteiger partial charge in [0.05, 0.1) is 13.2 Å². The second-order valence-electron chi connectivity index (χ2n) is 8.31. The van der Waals surface area contributed by atoms with Gasteiger partial charge >= 0.3 is 0 Å². The molecule has 3 atom stereocenters. The molecular formula is C27H32N2O. The van der Waals surface area contributed by atoms with E-state index in [1.165, 1.54) is 16.7 Å². The summed E-state index contributed by atoms with van der Waals surface area (Å²) in [5.74, 6) is 1.89. The molecule has 3 heteroatoms. The molecule has 0 spiro atoms. The van der Waals surface area contributed by atoms with Gasteiger partial charge in [0.15, 0.2) is 0 Å². The quantitative estimate of drug-likeness (QED) is 0.567. The molecule has 3 unspecified atom stereocenters. The molecule has 1 saturated carbocycles. The van der Waals surface area contributed by atoms with Crippen LogP contribution in [0.5, 0.6) is 5.75 Å². The summed E-state index contributed by atoms with van der Waals surface area (Å²) in [5.41, 5.74) is 10.2. The molecule has 0 bridgehead atoms. The van der Waals surface area contributed by atoms with Crippen LogP contribution in [0.4, 0.5) is 0 Å². The highest BCUT2D eigenvalue weighted by Crippen LogP contribution is 2.39. The van der Waals surface area contributed by atoms with Gasteiger partial charge in [-0.2, -0.15) is 0 Å². The van der Waals surface area contributed by atoms with Crippen LogP contribution < -0.4 is 15.8 Å². The van der Waals surface area contributed by atoms with Crippen LogP contribution in [0.15, 0.2) is 84.9 Å². The molecule has 0 amide bonds. The van der Waals surface area contributed by atoms with Crippen molar-refractivity contribution in [2.45, 2.75) is 37.3 Å². The van der Waals surface area contributed by atoms with Gasteiger partial charge < -0.3 is 15.8 Å². The Hall–Kier alpha value is -2.62. The standard InChI is InChI=1S/C27H32N2O/c1-30-25-14-8-13-22(18-25)26-16-15-24(17-23(26)19-28)29-27(20-9-4-2-5-10-20)21-11-6-3-7-12-21/h2-14,18,23-24,26-27,29H,15-17,19,28H2,1H3. The summed E-state index contributed by atoms with van der Waals surface area (Å²) in [7, 11) is 1.73. The van der Waals surface area contributed by atoms with E-state index in [9.17, 15) is 0 Å². The average Bonchev–Trinajstić information content (AvgIpc) is 2.83. The predicted octanol–water partition coefficient (Wildman–Crippen LogP) is 5.29. The molecule has 3 aromatic rings. The number of hydrogen-bond donors (Lipinski definition) is 2. The van der Waals surface area contributed by atoms with Gasteiger partial charge in [0.1, 0.15) is 5.75 Å². The smallest absolute Gasteiger partial charge is 0.119 e. The molecule has 0 aromatic heterocycles. The molecule has 1 aliphatic carbocycles.